The van der Waals surface area contributed by atoms with E-state index in [1.54, 1.807) is 12.1 Å². The minimum absolute atomic E-state index is 0. The van der Waals surface area contributed by atoms with Gasteiger partial charge in [-0.2, -0.15) is 0 Å². The normalized spacial score (nSPS) is 8.75. The lowest BCUT2D eigenvalue weighted by Gasteiger charge is -1.93. The van der Waals surface area contributed by atoms with Crippen LogP contribution in [0.1, 0.15) is 12.5 Å². The average molecular weight is 232 g/mol. The lowest BCUT2D eigenvalue weighted by molar-refractivity contribution is -0.384. The van der Waals surface area contributed by atoms with E-state index in [1.807, 2.05) is 6.92 Å². The molecule has 0 radical (unpaired) electrons. The maximum absolute atomic E-state index is 10.2. The number of nitro benzene ring substituents is 1. The Labute approximate surface area is 81.3 Å². The van der Waals surface area contributed by atoms with Crippen molar-refractivity contribution in [2.45, 2.75) is 13.3 Å². The molecule has 0 heterocycles. The molecule has 1 rings (SSSR count). The summed E-state index contributed by atoms with van der Waals surface area (Å²) >= 11 is 0. The monoisotopic (exact) mass is 231 g/mol. The summed E-state index contributed by atoms with van der Waals surface area (Å²) in [4.78, 5) is 9.82. The van der Waals surface area contributed by atoms with Gasteiger partial charge in [0.15, 0.2) is 0 Å². The van der Waals surface area contributed by atoms with E-state index in [0.717, 1.165) is 12.0 Å². The third-order valence-electron chi connectivity index (χ3n) is 1.56. The summed E-state index contributed by atoms with van der Waals surface area (Å²) in [6, 6.07) is 6.61. The van der Waals surface area contributed by atoms with E-state index in [-0.39, 0.29) is 27.6 Å². The molecular weight excluding hydrogens is 222 g/mol. The predicted octanol–water partition coefficient (Wildman–Crippen LogP) is 2.74. The third-order valence-corrected chi connectivity index (χ3v) is 1.56. The van der Waals surface area contributed by atoms with Crippen LogP contribution in [0.25, 0.3) is 0 Å². The first-order valence-corrected chi connectivity index (χ1v) is 3.47. The highest BCUT2D eigenvalue weighted by Gasteiger charge is 2.01. The van der Waals surface area contributed by atoms with E-state index in [1.165, 1.54) is 12.1 Å². The van der Waals surface area contributed by atoms with Gasteiger partial charge in [0.1, 0.15) is 0 Å². The minimum Gasteiger partial charge on any atom is -0.258 e. The maximum atomic E-state index is 10.2. The number of aryl methyl sites for hydroxylation is 1. The van der Waals surface area contributed by atoms with Crippen molar-refractivity contribution in [3.63, 3.8) is 0 Å². The summed E-state index contributed by atoms with van der Waals surface area (Å²) in [6.07, 6.45) is 0.915. The summed E-state index contributed by atoms with van der Waals surface area (Å²) in [5.41, 5.74) is 1.28. The molecule has 0 spiro atoms. The summed E-state index contributed by atoms with van der Waals surface area (Å²) in [6.45, 7) is 2.02. The molecule has 0 aliphatic heterocycles. The molecule has 0 aromatic heterocycles. The molecule has 0 saturated heterocycles. The first-order chi connectivity index (χ1) is 5.24. The van der Waals surface area contributed by atoms with E-state index < -0.39 is 0 Å². The van der Waals surface area contributed by atoms with Crippen molar-refractivity contribution in [2.24, 2.45) is 0 Å². The van der Waals surface area contributed by atoms with Crippen molar-refractivity contribution in [1.29, 1.82) is 0 Å². The second-order valence-electron chi connectivity index (χ2n) is 2.28. The highest BCUT2D eigenvalue weighted by molar-refractivity contribution is 8.93. The SMILES string of the molecule is Br.CCc1ccc([N+](=O)[O-])cc1. The molecule has 0 aliphatic rings. The average Bonchev–Trinajstić information content (AvgIpc) is 2.05. The molecular formula is C8H10BrNO2. The highest BCUT2D eigenvalue weighted by atomic mass is 79.9. The molecule has 3 nitrogen and oxygen atoms in total. The summed E-state index contributed by atoms with van der Waals surface area (Å²) in [5, 5.41) is 10.2. The highest BCUT2D eigenvalue weighted by Crippen LogP contribution is 2.11. The zero-order chi connectivity index (χ0) is 8.27. The smallest absolute Gasteiger partial charge is 0.258 e. The van der Waals surface area contributed by atoms with Gasteiger partial charge in [0.2, 0.25) is 0 Å². The Morgan fingerprint density at radius 3 is 2.17 bits per heavy atom. The van der Waals surface area contributed by atoms with Crippen LogP contribution in [-0.2, 0) is 6.42 Å². The molecule has 0 bridgehead atoms. The number of non-ortho nitro benzene ring substituents is 1. The van der Waals surface area contributed by atoms with Gasteiger partial charge in [-0.25, -0.2) is 0 Å². The number of hydrogen-bond donors (Lipinski definition) is 0. The predicted molar refractivity (Wildman–Crippen MR) is 52.8 cm³/mol. The Kier molecular flexibility index (Phi) is 4.51. The van der Waals surface area contributed by atoms with Crippen LogP contribution >= 0.6 is 17.0 Å². The number of nitro groups is 1. The van der Waals surface area contributed by atoms with Crippen LogP contribution in [0.2, 0.25) is 0 Å². The Morgan fingerprint density at radius 2 is 1.83 bits per heavy atom. The quantitative estimate of drug-likeness (QED) is 0.581. The van der Waals surface area contributed by atoms with Crippen LogP contribution in [0.5, 0.6) is 0 Å². The van der Waals surface area contributed by atoms with Gasteiger partial charge in [-0.3, -0.25) is 10.1 Å². The standard InChI is InChI=1S/C8H9NO2.BrH/c1-2-7-3-5-8(6-4-7)9(10)11;/h3-6H,2H2,1H3;1H. The van der Waals surface area contributed by atoms with Gasteiger partial charge >= 0.3 is 0 Å². The lowest BCUT2D eigenvalue weighted by Crippen LogP contribution is -1.87. The lowest BCUT2D eigenvalue weighted by atomic mass is 10.2. The molecule has 0 N–H and O–H groups in total. The van der Waals surface area contributed by atoms with E-state index in [0.29, 0.717) is 0 Å². The number of rotatable bonds is 2. The number of hydrogen-bond acceptors (Lipinski definition) is 2. The third kappa shape index (κ3) is 2.62. The fourth-order valence-corrected chi connectivity index (χ4v) is 0.853. The van der Waals surface area contributed by atoms with Crippen LogP contribution in [0.15, 0.2) is 24.3 Å². The van der Waals surface area contributed by atoms with E-state index in [2.05, 4.69) is 0 Å². The van der Waals surface area contributed by atoms with Crippen molar-refractivity contribution in [3.05, 3.63) is 39.9 Å². The zero-order valence-corrected chi connectivity index (χ0v) is 8.40. The van der Waals surface area contributed by atoms with Gasteiger partial charge in [0, 0.05) is 12.1 Å². The van der Waals surface area contributed by atoms with Gasteiger partial charge in [-0.1, -0.05) is 19.1 Å². The van der Waals surface area contributed by atoms with Crippen molar-refractivity contribution in [1.82, 2.24) is 0 Å². The van der Waals surface area contributed by atoms with Crippen LogP contribution in [0, 0.1) is 10.1 Å². The summed E-state index contributed by atoms with van der Waals surface area (Å²) in [5.74, 6) is 0. The van der Waals surface area contributed by atoms with E-state index >= 15 is 0 Å². The first kappa shape index (κ1) is 11.1. The molecule has 0 saturated carbocycles. The largest absolute Gasteiger partial charge is 0.269 e. The van der Waals surface area contributed by atoms with Crippen molar-refractivity contribution in [3.8, 4) is 0 Å². The Bertz CT molecular complexity index is 258. The molecule has 0 aliphatic carbocycles. The maximum Gasteiger partial charge on any atom is 0.269 e. The molecule has 0 atom stereocenters. The van der Waals surface area contributed by atoms with E-state index in [4.69, 9.17) is 0 Å². The van der Waals surface area contributed by atoms with Crippen molar-refractivity contribution in [2.75, 3.05) is 0 Å². The Balaban J connectivity index is 0.00000121. The van der Waals surface area contributed by atoms with Gasteiger partial charge in [0.05, 0.1) is 4.92 Å². The summed E-state index contributed by atoms with van der Waals surface area (Å²) in [7, 11) is 0. The Hall–Kier alpha value is -0.900. The molecule has 4 heteroatoms. The Morgan fingerprint density at radius 1 is 1.33 bits per heavy atom. The van der Waals surface area contributed by atoms with Gasteiger partial charge in [-0.05, 0) is 12.0 Å². The van der Waals surface area contributed by atoms with Crippen molar-refractivity contribution >= 4 is 22.7 Å². The second-order valence-corrected chi connectivity index (χ2v) is 2.28. The van der Waals surface area contributed by atoms with E-state index in [9.17, 15) is 10.1 Å². The number of nitrogens with zero attached hydrogens (tertiary/aromatic N) is 1. The van der Waals surface area contributed by atoms with Gasteiger partial charge in [-0.15, -0.1) is 17.0 Å². The molecule has 66 valence electrons. The molecule has 1 aromatic rings. The van der Waals surface area contributed by atoms with Crippen LogP contribution in [0.3, 0.4) is 0 Å². The molecule has 0 amide bonds. The van der Waals surface area contributed by atoms with Crippen LogP contribution < -0.4 is 0 Å². The molecule has 1 aromatic carbocycles. The van der Waals surface area contributed by atoms with Gasteiger partial charge in [0.25, 0.3) is 5.69 Å². The fraction of sp³-hybridized carbons (Fsp3) is 0.250. The molecule has 0 unspecified atom stereocenters. The minimum atomic E-state index is -0.389. The molecule has 12 heavy (non-hydrogen) atoms. The van der Waals surface area contributed by atoms with Crippen molar-refractivity contribution < 1.29 is 4.92 Å². The van der Waals surface area contributed by atoms with Gasteiger partial charge < -0.3 is 0 Å². The van der Waals surface area contributed by atoms with Crippen LogP contribution in [0.4, 0.5) is 5.69 Å². The first-order valence-electron chi connectivity index (χ1n) is 3.47. The number of halogens is 1. The summed E-state index contributed by atoms with van der Waals surface area (Å²) < 4.78 is 0. The topological polar surface area (TPSA) is 43.1 Å². The molecule has 0 fully saturated rings. The zero-order valence-electron chi connectivity index (χ0n) is 6.69. The fourth-order valence-electron chi connectivity index (χ4n) is 0.853. The number of benzene rings is 1. The second kappa shape index (κ2) is 4.87. The van der Waals surface area contributed by atoms with Crippen LogP contribution in [-0.4, -0.2) is 4.92 Å².